The molecule has 0 heterocycles. The minimum Gasteiger partial charge on any atom is -0.462 e. The van der Waals surface area contributed by atoms with Gasteiger partial charge in [0.05, 0.1) is 12.2 Å². The lowest BCUT2D eigenvalue weighted by atomic mass is 9.31. The second-order valence-corrected chi connectivity index (χ2v) is 19.6. The summed E-state index contributed by atoms with van der Waals surface area (Å²) >= 11 is 0. The molecule has 0 aliphatic heterocycles. The Morgan fingerprint density at radius 2 is 1.35 bits per heavy atom. The van der Waals surface area contributed by atoms with E-state index in [1.54, 1.807) is 0 Å². The van der Waals surface area contributed by atoms with Crippen LogP contribution in [0.2, 0.25) is 0 Å². The second-order valence-electron chi connectivity index (χ2n) is 19.6. The fraction of sp³-hybridized carbons (Fsp3) is 0.932. The SMILES string of the molecule is C=C1[C@H](O)C[C@@]2(C)[C@H]([C@@H]1C)[C@H]1CC[C@@H]3[C@@]4(C)CC[C@H](OC(=O)CCCCCCCCCCCCC)C(C)(C)[C@@H]4CC[C@@]3(C)[C@]1(C)C[C@@H]2O. The summed E-state index contributed by atoms with van der Waals surface area (Å²) in [6.07, 6.45) is 22.3. The molecule has 4 heteroatoms. The number of aliphatic hydroxyl groups is 2. The summed E-state index contributed by atoms with van der Waals surface area (Å²) in [5, 5.41) is 22.9. The molecule has 0 spiro atoms. The van der Waals surface area contributed by atoms with Crippen LogP contribution in [0.1, 0.15) is 184 Å². The van der Waals surface area contributed by atoms with Gasteiger partial charge in [0.15, 0.2) is 0 Å². The van der Waals surface area contributed by atoms with E-state index < -0.39 is 12.2 Å². The van der Waals surface area contributed by atoms with Crippen molar-refractivity contribution < 1.29 is 19.7 Å². The van der Waals surface area contributed by atoms with Crippen molar-refractivity contribution in [2.45, 2.75) is 202 Å². The number of esters is 1. The first-order valence-electron chi connectivity index (χ1n) is 20.8. The van der Waals surface area contributed by atoms with Crippen molar-refractivity contribution in [1.82, 2.24) is 0 Å². The Kier molecular flexibility index (Phi) is 11.7. The van der Waals surface area contributed by atoms with Crippen LogP contribution in [0.25, 0.3) is 0 Å². The number of ether oxygens (including phenoxy) is 1. The lowest BCUT2D eigenvalue weighted by Gasteiger charge is -2.74. The van der Waals surface area contributed by atoms with Crippen molar-refractivity contribution >= 4 is 5.97 Å². The Morgan fingerprint density at radius 1 is 0.750 bits per heavy atom. The molecule has 0 saturated heterocycles. The first-order valence-corrected chi connectivity index (χ1v) is 20.8. The molecule has 0 aromatic carbocycles. The van der Waals surface area contributed by atoms with Crippen LogP contribution in [-0.2, 0) is 9.53 Å². The topological polar surface area (TPSA) is 66.8 Å². The highest BCUT2D eigenvalue weighted by Gasteiger charge is 2.71. The van der Waals surface area contributed by atoms with E-state index in [9.17, 15) is 15.0 Å². The molecule has 0 aromatic heterocycles. The Labute approximate surface area is 296 Å². The van der Waals surface area contributed by atoms with Crippen LogP contribution in [0.5, 0.6) is 0 Å². The maximum absolute atomic E-state index is 13.2. The van der Waals surface area contributed by atoms with Gasteiger partial charge >= 0.3 is 5.97 Å². The number of hydrogen-bond donors (Lipinski definition) is 2. The molecule has 0 amide bonds. The van der Waals surface area contributed by atoms with Crippen LogP contribution < -0.4 is 0 Å². The summed E-state index contributed by atoms with van der Waals surface area (Å²) in [5.74, 6) is 2.26. The maximum Gasteiger partial charge on any atom is 0.306 e. The van der Waals surface area contributed by atoms with E-state index in [0.29, 0.717) is 36.5 Å². The van der Waals surface area contributed by atoms with Crippen molar-refractivity contribution in [3.8, 4) is 0 Å². The average molecular weight is 669 g/mol. The quantitative estimate of drug-likeness (QED) is 0.116. The molecule has 5 aliphatic carbocycles. The number of carbonyl (C=O) groups is 1. The minimum absolute atomic E-state index is 0.00445. The van der Waals surface area contributed by atoms with Crippen LogP contribution >= 0.6 is 0 Å². The third kappa shape index (κ3) is 6.52. The van der Waals surface area contributed by atoms with E-state index in [2.05, 4.69) is 62.0 Å². The molecule has 5 aliphatic rings. The predicted octanol–water partition coefficient (Wildman–Crippen LogP) is 11.2. The normalized spacial score (nSPS) is 45.0. The van der Waals surface area contributed by atoms with Gasteiger partial charge in [-0.3, -0.25) is 4.79 Å². The summed E-state index contributed by atoms with van der Waals surface area (Å²) in [5.41, 5.74) is 1.07. The van der Waals surface area contributed by atoms with Gasteiger partial charge < -0.3 is 14.9 Å². The molecule has 5 fully saturated rings. The van der Waals surface area contributed by atoms with Crippen LogP contribution in [0, 0.1) is 56.7 Å². The van der Waals surface area contributed by atoms with E-state index in [4.69, 9.17) is 4.74 Å². The number of carbonyl (C=O) groups excluding carboxylic acids is 1. The number of aliphatic hydroxyl groups excluding tert-OH is 2. The Bertz CT molecular complexity index is 1130. The zero-order chi connectivity index (χ0) is 35.1. The van der Waals surface area contributed by atoms with Gasteiger partial charge in [0.25, 0.3) is 0 Å². The van der Waals surface area contributed by atoms with Crippen molar-refractivity contribution in [1.29, 1.82) is 0 Å². The van der Waals surface area contributed by atoms with Gasteiger partial charge in [-0.15, -0.1) is 0 Å². The molecule has 5 rings (SSSR count). The van der Waals surface area contributed by atoms with Crippen molar-refractivity contribution in [2.75, 3.05) is 0 Å². The number of unbranched alkanes of at least 4 members (excludes halogenated alkanes) is 10. The fourth-order valence-electron chi connectivity index (χ4n) is 13.9. The monoisotopic (exact) mass is 669 g/mol. The Hall–Kier alpha value is -0.870. The number of hydrogen-bond acceptors (Lipinski definition) is 4. The van der Waals surface area contributed by atoms with Crippen molar-refractivity contribution in [3.05, 3.63) is 12.2 Å². The number of rotatable bonds is 13. The Balaban J connectivity index is 1.19. The third-order valence-corrected chi connectivity index (χ3v) is 16.9. The molecule has 0 radical (unpaired) electrons. The van der Waals surface area contributed by atoms with Crippen LogP contribution in [0.3, 0.4) is 0 Å². The molecule has 2 N–H and O–H groups in total. The third-order valence-electron chi connectivity index (χ3n) is 16.9. The lowest BCUT2D eigenvalue weighted by Crippen LogP contribution is -2.69. The summed E-state index contributed by atoms with van der Waals surface area (Å²) in [7, 11) is 0. The highest BCUT2D eigenvalue weighted by Crippen LogP contribution is 2.77. The molecular weight excluding hydrogens is 592 g/mol. The van der Waals surface area contributed by atoms with E-state index in [-0.39, 0.29) is 45.1 Å². The first kappa shape index (κ1) is 38.4. The molecule has 4 nitrogen and oxygen atoms in total. The molecule has 12 atom stereocenters. The summed E-state index contributed by atoms with van der Waals surface area (Å²) in [6, 6.07) is 0. The second kappa shape index (κ2) is 14.6. The molecule has 0 unspecified atom stereocenters. The molecule has 276 valence electrons. The summed E-state index contributed by atoms with van der Waals surface area (Å²) in [4.78, 5) is 13.2. The Morgan fingerprint density at radius 3 is 1.98 bits per heavy atom. The average Bonchev–Trinajstić information content (AvgIpc) is 3.01. The number of fused-ring (bicyclic) bond motifs is 7. The van der Waals surface area contributed by atoms with E-state index >= 15 is 0 Å². The predicted molar refractivity (Wildman–Crippen MR) is 198 cm³/mol. The standard InChI is InChI=1S/C44H76O4/c1-10-11-12-13-14-15-16-17-18-19-20-21-38(47)48-37-25-26-41(6)34(40(37,4)5)24-27-43(8)35(41)23-22-32-39-31(3)30(2)33(45)28-42(39,7)36(46)29-44(32,43)9/h31-37,39,45-46H,2,10-29H2,1,3-9H3/t31-,32-,33-,34+,35-,36+,37+,39-,41+,42-,43-,44-/m1/s1. The lowest BCUT2D eigenvalue weighted by molar-refractivity contribution is -0.273. The highest BCUT2D eigenvalue weighted by molar-refractivity contribution is 5.69. The van der Waals surface area contributed by atoms with E-state index in [1.807, 2.05) is 0 Å². The fourth-order valence-corrected chi connectivity index (χ4v) is 13.9. The zero-order valence-corrected chi connectivity index (χ0v) is 32.7. The van der Waals surface area contributed by atoms with Crippen molar-refractivity contribution in [2.24, 2.45) is 56.7 Å². The van der Waals surface area contributed by atoms with Gasteiger partial charge in [-0.2, -0.15) is 0 Å². The maximum atomic E-state index is 13.2. The van der Waals surface area contributed by atoms with Gasteiger partial charge in [-0.1, -0.05) is 126 Å². The molecule has 0 bridgehead atoms. The van der Waals surface area contributed by atoms with E-state index in [1.165, 1.54) is 83.5 Å². The largest absolute Gasteiger partial charge is 0.462 e. The van der Waals surface area contributed by atoms with Crippen molar-refractivity contribution in [3.63, 3.8) is 0 Å². The summed E-state index contributed by atoms with van der Waals surface area (Å²) in [6.45, 7) is 23.7. The smallest absolute Gasteiger partial charge is 0.306 e. The zero-order valence-electron chi connectivity index (χ0n) is 32.7. The molecule has 48 heavy (non-hydrogen) atoms. The van der Waals surface area contributed by atoms with Crippen LogP contribution in [0.15, 0.2) is 12.2 Å². The van der Waals surface area contributed by atoms with Crippen LogP contribution in [0.4, 0.5) is 0 Å². The molecule has 5 saturated carbocycles. The molecular formula is C44H76O4. The van der Waals surface area contributed by atoms with Gasteiger partial charge in [0.1, 0.15) is 6.10 Å². The van der Waals surface area contributed by atoms with Gasteiger partial charge in [-0.25, -0.2) is 0 Å². The first-order chi connectivity index (χ1) is 22.6. The van der Waals surface area contributed by atoms with Crippen LogP contribution in [-0.4, -0.2) is 34.5 Å². The van der Waals surface area contributed by atoms with Gasteiger partial charge in [-0.05, 0) is 115 Å². The van der Waals surface area contributed by atoms with Gasteiger partial charge in [0, 0.05) is 11.8 Å². The highest BCUT2D eigenvalue weighted by atomic mass is 16.5. The van der Waals surface area contributed by atoms with Gasteiger partial charge in [0.2, 0.25) is 0 Å². The minimum atomic E-state index is -0.507. The van der Waals surface area contributed by atoms with E-state index in [0.717, 1.165) is 37.7 Å². The summed E-state index contributed by atoms with van der Waals surface area (Å²) < 4.78 is 6.37. The molecule has 0 aromatic rings.